The highest BCUT2D eigenvalue weighted by molar-refractivity contribution is 14.1. The third-order valence-electron chi connectivity index (χ3n) is 2.29. The summed E-state index contributed by atoms with van der Waals surface area (Å²) in [5.41, 5.74) is 0.761. The fourth-order valence-corrected chi connectivity index (χ4v) is 2.11. The highest BCUT2D eigenvalue weighted by Gasteiger charge is 2.04. The van der Waals surface area contributed by atoms with Gasteiger partial charge in [-0.05, 0) is 65.1 Å². The van der Waals surface area contributed by atoms with E-state index in [2.05, 4.69) is 27.9 Å². The van der Waals surface area contributed by atoms with Gasteiger partial charge in [-0.25, -0.2) is 0 Å². The summed E-state index contributed by atoms with van der Waals surface area (Å²) < 4.78 is 6.42. The van der Waals surface area contributed by atoms with Gasteiger partial charge in [0.25, 0.3) is 5.91 Å². The second-order valence-electron chi connectivity index (χ2n) is 3.80. The van der Waals surface area contributed by atoms with Gasteiger partial charge >= 0.3 is 0 Å². The number of halogens is 2. The SMILES string of the molecule is O=C(COc1ccc(Cl)cc1)Nc1cccc(I)c1. The minimum absolute atomic E-state index is 0.0346. The van der Waals surface area contributed by atoms with E-state index in [4.69, 9.17) is 16.3 Å². The summed E-state index contributed by atoms with van der Waals surface area (Å²) in [6, 6.07) is 14.5. The standard InChI is InChI=1S/C14H11ClINO2/c15-10-4-6-13(7-5-10)19-9-14(18)17-12-3-1-2-11(16)8-12/h1-8H,9H2,(H,17,18). The zero-order valence-corrected chi connectivity index (χ0v) is 12.8. The molecule has 5 heteroatoms. The van der Waals surface area contributed by atoms with Gasteiger partial charge in [0.15, 0.2) is 6.61 Å². The fraction of sp³-hybridized carbons (Fsp3) is 0.0714. The molecule has 0 bridgehead atoms. The Kier molecular flexibility index (Phi) is 5.04. The van der Waals surface area contributed by atoms with E-state index >= 15 is 0 Å². The predicted molar refractivity (Wildman–Crippen MR) is 84.7 cm³/mol. The molecule has 0 saturated heterocycles. The average Bonchev–Trinajstić information content (AvgIpc) is 2.38. The van der Waals surface area contributed by atoms with Crippen molar-refractivity contribution in [2.24, 2.45) is 0 Å². The lowest BCUT2D eigenvalue weighted by Gasteiger charge is -2.07. The molecule has 0 fully saturated rings. The summed E-state index contributed by atoms with van der Waals surface area (Å²) in [5.74, 6) is 0.416. The first-order valence-electron chi connectivity index (χ1n) is 5.57. The van der Waals surface area contributed by atoms with Crippen molar-refractivity contribution in [1.29, 1.82) is 0 Å². The van der Waals surface area contributed by atoms with E-state index in [1.54, 1.807) is 24.3 Å². The summed E-state index contributed by atoms with van der Waals surface area (Å²) in [5, 5.41) is 3.40. The molecule has 2 aromatic rings. The highest BCUT2D eigenvalue weighted by atomic mass is 127. The minimum Gasteiger partial charge on any atom is -0.484 e. The summed E-state index contributed by atoms with van der Waals surface area (Å²) in [7, 11) is 0. The first kappa shape index (κ1) is 14.1. The van der Waals surface area contributed by atoms with Gasteiger partial charge in [0.05, 0.1) is 0 Å². The third-order valence-corrected chi connectivity index (χ3v) is 3.21. The van der Waals surface area contributed by atoms with Gasteiger partial charge in [0.2, 0.25) is 0 Å². The molecule has 1 N–H and O–H groups in total. The van der Waals surface area contributed by atoms with E-state index in [-0.39, 0.29) is 12.5 Å². The van der Waals surface area contributed by atoms with E-state index in [9.17, 15) is 4.79 Å². The summed E-state index contributed by atoms with van der Waals surface area (Å²) in [6.45, 7) is -0.0346. The van der Waals surface area contributed by atoms with Gasteiger partial charge in [0.1, 0.15) is 5.75 Å². The lowest BCUT2D eigenvalue weighted by molar-refractivity contribution is -0.118. The lowest BCUT2D eigenvalue weighted by atomic mass is 10.3. The molecule has 2 rings (SSSR count). The number of carbonyl (C=O) groups excluding carboxylic acids is 1. The first-order valence-corrected chi connectivity index (χ1v) is 7.03. The molecule has 0 spiro atoms. The Balaban J connectivity index is 1.86. The molecule has 0 aliphatic carbocycles. The van der Waals surface area contributed by atoms with Gasteiger partial charge in [-0.2, -0.15) is 0 Å². The average molecular weight is 388 g/mol. The van der Waals surface area contributed by atoms with E-state index in [1.165, 1.54) is 0 Å². The van der Waals surface area contributed by atoms with Crippen LogP contribution in [-0.2, 0) is 4.79 Å². The number of carbonyl (C=O) groups is 1. The number of hydrogen-bond acceptors (Lipinski definition) is 2. The van der Waals surface area contributed by atoms with Crippen molar-refractivity contribution in [3.8, 4) is 5.75 Å². The first-order chi connectivity index (χ1) is 9.13. The Labute approximate surface area is 130 Å². The lowest BCUT2D eigenvalue weighted by Crippen LogP contribution is -2.20. The Hall–Kier alpha value is -1.27. The van der Waals surface area contributed by atoms with Crippen LogP contribution < -0.4 is 10.1 Å². The van der Waals surface area contributed by atoms with Crippen molar-refractivity contribution in [2.45, 2.75) is 0 Å². The van der Waals surface area contributed by atoms with Crippen LogP contribution in [0.15, 0.2) is 48.5 Å². The van der Waals surface area contributed by atoms with E-state index in [1.807, 2.05) is 24.3 Å². The monoisotopic (exact) mass is 387 g/mol. The molecule has 1 amide bonds. The second-order valence-corrected chi connectivity index (χ2v) is 5.48. The van der Waals surface area contributed by atoms with Crippen molar-refractivity contribution in [3.05, 3.63) is 57.1 Å². The molecule has 0 heterocycles. The van der Waals surface area contributed by atoms with Crippen molar-refractivity contribution in [1.82, 2.24) is 0 Å². The topological polar surface area (TPSA) is 38.3 Å². The molecule has 0 aromatic heterocycles. The number of rotatable bonds is 4. The molecule has 98 valence electrons. The van der Waals surface area contributed by atoms with Gasteiger partial charge in [-0.3, -0.25) is 4.79 Å². The van der Waals surface area contributed by atoms with Crippen LogP contribution in [-0.4, -0.2) is 12.5 Å². The zero-order chi connectivity index (χ0) is 13.7. The van der Waals surface area contributed by atoms with Crippen LogP contribution in [0, 0.1) is 3.57 Å². The number of benzene rings is 2. The van der Waals surface area contributed by atoms with E-state index in [0.717, 1.165) is 9.26 Å². The summed E-state index contributed by atoms with van der Waals surface area (Å²) >= 11 is 7.95. The summed E-state index contributed by atoms with van der Waals surface area (Å²) in [6.07, 6.45) is 0. The number of nitrogens with one attached hydrogen (secondary N) is 1. The third kappa shape index (κ3) is 4.72. The largest absolute Gasteiger partial charge is 0.484 e. The molecule has 19 heavy (non-hydrogen) atoms. The van der Waals surface area contributed by atoms with Crippen LogP contribution in [0.3, 0.4) is 0 Å². The molecule has 3 nitrogen and oxygen atoms in total. The van der Waals surface area contributed by atoms with Crippen LogP contribution in [0.4, 0.5) is 5.69 Å². The molecule has 0 radical (unpaired) electrons. The van der Waals surface area contributed by atoms with E-state index in [0.29, 0.717) is 10.8 Å². The van der Waals surface area contributed by atoms with Crippen LogP contribution in [0.25, 0.3) is 0 Å². The van der Waals surface area contributed by atoms with E-state index < -0.39 is 0 Å². The van der Waals surface area contributed by atoms with Gasteiger partial charge < -0.3 is 10.1 Å². The molecular formula is C14H11ClINO2. The number of ether oxygens (including phenoxy) is 1. The van der Waals surface area contributed by atoms with Crippen LogP contribution in [0.5, 0.6) is 5.75 Å². The Morgan fingerprint density at radius 1 is 1.21 bits per heavy atom. The zero-order valence-electron chi connectivity index (χ0n) is 9.90. The smallest absolute Gasteiger partial charge is 0.262 e. The minimum atomic E-state index is -0.197. The maximum Gasteiger partial charge on any atom is 0.262 e. The Morgan fingerprint density at radius 2 is 1.95 bits per heavy atom. The molecule has 0 unspecified atom stereocenters. The predicted octanol–water partition coefficient (Wildman–Crippen LogP) is 3.96. The molecular weight excluding hydrogens is 377 g/mol. The fourth-order valence-electron chi connectivity index (χ4n) is 1.44. The maximum absolute atomic E-state index is 11.7. The highest BCUT2D eigenvalue weighted by Crippen LogP contribution is 2.16. The molecule has 0 atom stereocenters. The maximum atomic E-state index is 11.7. The van der Waals surface area contributed by atoms with Crippen LogP contribution in [0.2, 0.25) is 5.02 Å². The van der Waals surface area contributed by atoms with Crippen LogP contribution in [0.1, 0.15) is 0 Å². The Bertz CT molecular complexity index is 572. The number of amides is 1. The van der Waals surface area contributed by atoms with Gasteiger partial charge in [0, 0.05) is 14.3 Å². The quantitative estimate of drug-likeness (QED) is 0.807. The molecule has 2 aromatic carbocycles. The van der Waals surface area contributed by atoms with Crippen molar-refractivity contribution < 1.29 is 9.53 Å². The number of hydrogen-bond donors (Lipinski definition) is 1. The number of anilines is 1. The van der Waals surface area contributed by atoms with Gasteiger partial charge in [-0.1, -0.05) is 17.7 Å². The Morgan fingerprint density at radius 3 is 2.63 bits per heavy atom. The summed E-state index contributed by atoms with van der Waals surface area (Å²) in [4.78, 5) is 11.7. The molecule has 0 aliphatic rings. The van der Waals surface area contributed by atoms with Crippen molar-refractivity contribution >= 4 is 45.8 Å². The molecule has 0 saturated carbocycles. The van der Waals surface area contributed by atoms with Gasteiger partial charge in [-0.15, -0.1) is 0 Å². The van der Waals surface area contributed by atoms with Crippen molar-refractivity contribution in [3.63, 3.8) is 0 Å². The van der Waals surface area contributed by atoms with Crippen molar-refractivity contribution in [2.75, 3.05) is 11.9 Å². The molecule has 0 aliphatic heterocycles. The van der Waals surface area contributed by atoms with Crippen LogP contribution >= 0.6 is 34.2 Å². The normalized spacial score (nSPS) is 10.0. The second kappa shape index (κ2) is 6.77.